The number of rotatable bonds is 5. The lowest BCUT2D eigenvalue weighted by Gasteiger charge is -2.12. The molecule has 19 heavy (non-hydrogen) atoms. The van der Waals surface area contributed by atoms with Crippen LogP contribution in [0.3, 0.4) is 0 Å². The molecule has 1 aromatic rings. The monoisotopic (exact) mass is 269 g/mol. The first kappa shape index (κ1) is 14.4. The number of anilines is 1. The minimum Gasteiger partial charge on any atom is -0.480 e. The lowest BCUT2D eigenvalue weighted by Crippen LogP contribution is -2.25. The van der Waals surface area contributed by atoms with E-state index < -0.39 is 27.5 Å². The van der Waals surface area contributed by atoms with E-state index in [-0.39, 0.29) is 16.9 Å². The second kappa shape index (κ2) is 5.29. The molecule has 0 amide bonds. The Balaban J connectivity index is 3.34. The standard InChI is InChI=1S/C10H11N3O6/c1-5-8(12(16)17)4-3-7(9(5)13(18)19)11-6(2)10(14)15/h3-4,6,11H,1-2H3,(H,14,15). The highest BCUT2D eigenvalue weighted by atomic mass is 16.6. The SMILES string of the molecule is Cc1c([N+](=O)[O-])ccc(NC(C)C(=O)O)c1[N+](=O)[O-]. The van der Waals surface area contributed by atoms with Crippen LogP contribution >= 0.6 is 0 Å². The summed E-state index contributed by atoms with van der Waals surface area (Å²) in [4.78, 5) is 30.9. The van der Waals surface area contributed by atoms with Crippen molar-refractivity contribution in [2.24, 2.45) is 0 Å². The van der Waals surface area contributed by atoms with Gasteiger partial charge >= 0.3 is 11.7 Å². The van der Waals surface area contributed by atoms with Crippen molar-refractivity contribution < 1.29 is 19.7 Å². The summed E-state index contributed by atoms with van der Waals surface area (Å²) in [5.41, 5.74) is -1.08. The molecule has 0 saturated carbocycles. The predicted octanol–water partition coefficient (Wildman–Crippen LogP) is 1.70. The number of aliphatic carboxylic acids is 1. The van der Waals surface area contributed by atoms with Crippen molar-refractivity contribution in [3.63, 3.8) is 0 Å². The van der Waals surface area contributed by atoms with Crippen molar-refractivity contribution in [1.82, 2.24) is 0 Å². The molecule has 0 aliphatic carbocycles. The number of hydrogen-bond donors (Lipinski definition) is 2. The van der Waals surface area contributed by atoms with E-state index in [1.54, 1.807) is 0 Å². The zero-order chi connectivity index (χ0) is 14.7. The number of nitrogens with zero attached hydrogens (tertiary/aromatic N) is 2. The number of nitrogens with one attached hydrogen (secondary N) is 1. The zero-order valence-electron chi connectivity index (χ0n) is 10.1. The van der Waals surface area contributed by atoms with Gasteiger partial charge in [0.2, 0.25) is 0 Å². The van der Waals surface area contributed by atoms with Crippen molar-refractivity contribution in [1.29, 1.82) is 0 Å². The second-order valence-corrected chi connectivity index (χ2v) is 3.82. The normalized spacial score (nSPS) is 11.7. The Bertz CT molecular complexity index is 556. The van der Waals surface area contributed by atoms with Crippen LogP contribution < -0.4 is 5.32 Å². The third kappa shape index (κ3) is 2.94. The van der Waals surface area contributed by atoms with Gasteiger partial charge in [-0.1, -0.05) is 0 Å². The Labute approximate surface area is 107 Å². The first-order chi connectivity index (χ1) is 8.75. The molecule has 102 valence electrons. The molecule has 1 unspecified atom stereocenters. The van der Waals surface area contributed by atoms with Crippen LogP contribution in [0.1, 0.15) is 12.5 Å². The molecule has 0 spiro atoms. The van der Waals surface area contributed by atoms with E-state index in [1.165, 1.54) is 13.8 Å². The van der Waals surface area contributed by atoms with Gasteiger partial charge in [0, 0.05) is 6.07 Å². The second-order valence-electron chi connectivity index (χ2n) is 3.82. The summed E-state index contributed by atoms with van der Waals surface area (Å²) in [5, 5.41) is 32.8. The van der Waals surface area contributed by atoms with Crippen LogP contribution in [0.15, 0.2) is 12.1 Å². The first-order valence-electron chi connectivity index (χ1n) is 5.17. The highest BCUT2D eigenvalue weighted by Crippen LogP contribution is 2.34. The van der Waals surface area contributed by atoms with Gasteiger partial charge in [-0.05, 0) is 19.9 Å². The van der Waals surface area contributed by atoms with Crippen molar-refractivity contribution in [3.8, 4) is 0 Å². The molecule has 0 saturated heterocycles. The van der Waals surface area contributed by atoms with Crippen molar-refractivity contribution in [3.05, 3.63) is 37.9 Å². The summed E-state index contributed by atoms with van der Waals surface area (Å²) in [6.45, 7) is 2.55. The number of nitro benzene ring substituents is 2. The van der Waals surface area contributed by atoms with E-state index in [0.29, 0.717) is 0 Å². The largest absolute Gasteiger partial charge is 0.480 e. The first-order valence-corrected chi connectivity index (χ1v) is 5.17. The summed E-state index contributed by atoms with van der Waals surface area (Å²) >= 11 is 0. The number of nitro groups is 2. The highest BCUT2D eigenvalue weighted by molar-refractivity contribution is 5.80. The topological polar surface area (TPSA) is 136 Å². The minimum atomic E-state index is -1.19. The molecule has 0 aliphatic heterocycles. The van der Waals surface area contributed by atoms with E-state index in [2.05, 4.69) is 5.32 Å². The number of carboxylic acids is 1. The van der Waals surface area contributed by atoms with Crippen LogP contribution in [-0.2, 0) is 4.79 Å². The molecule has 0 radical (unpaired) electrons. The van der Waals surface area contributed by atoms with E-state index in [1.807, 2.05) is 0 Å². The van der Waals surface area contributed by atoms with Gasteiger partial charge < -0.3 is 10.4 Å². The minimum absolute atomic E-state index is 0.0667. The fourth-order valence-electron chi connectivity index (χ4n) is 1.53. The Hall–Kier alpha value is -2.71. The average Bonchev–Trinajstić information content (AvgIpc) is 2.27. The number of carbonyl (C=O) groups is 1. The third-order valence-electron chi connectivity index (χ3n) is 2.52. The summed E-state index contributed by atoms with van der Waals surface area (Å²) < 4.78 is 0. The Kier molecular flexibility index (Phi) is 4.00. The molecular weight excluding hydrogens is 258 g/mol. The average molecular weight is 269 g/mol. The van der Waals surface area contributed by atoms with Gasteiger partial charge in [-0.2, -0.15) is 0 Å². The quantitative estimate of drug-likeness (QED) is 0.613. The third-order valence-corrected chi connectivity index (χ3v) is 2.52. The molecule has 0 heterocycles. The summed E-state index contributed by atoms with van der Waals surface area (Å²) in [7, 11) is 0. The van der Waals surface area contributed by atoms with Crippen molar-refractivity contribution >= 4 is 23.0 Å². The molecule has 9 heteroatoms. The van der Waals surface area contributed by atoms with Crippen LogP contribution in [0.5, 0.6) is 0 Å². The molecule has 0 aromatic heterocycles. The Morgan fingerprint density at radius 3 is 2.32 bits per heavy atom. The lowest BCUT2D eigenvalue weighted by atomic mass is 10.1. The predicted molar refractivity (Wildman–Crippen MR) is 65.2 cm³/mol. The molecule has 0 bridgehead atoms. The van der Waals surface area contributed by atoms with Gasteiger partial charge in [0.25, 0.3) is 5.69 Å². The van der Waals surface area contributed by atoms with E-state index in [4.69, 9.17) is 5.11 Å². The van der Waals surface area contributed by atoms with Crippen molar-refractivity contribution in [2.45, 2.75) is 19.9 Å². The van der Waals surface area contributed by atoms with Crippen LogP contribution in [-0.4, -0.2) is 27.0 Å². The van der Waals surface area contributed by atoms with Gasteiger partial charge in [-0.3, -0.25) is 25.0 Å². The zero-order valence-corrected chi connectivity index (χ0v) is 10.1. The summed E-state index contributed by atoms with van der Waals surface area (Å²) in [6, 6.07) is 1.17. The smallest absolute Gasteiger partial charge is 0.325 e. The van der Waals surface area contributed by atoms with E-state index >= 15 is 0 Å². The molecule has 1 rings (SSSR count). The maximum atomic E-state index is 11.0. The highest BCUT2D eigenvalue weighted by Gasteiger charge is 2.27. The summed E-state index contributed by atoms with van der Waals surface area (Å²) in [5.74, 6) is -1.19. The van der Waals surface area contributed by atoms with Crippen LogP contribution in [0.2, 0.25) is 0 Å². The molecule has 9 nitrogen and oxygen atoms in total. The number of hydrogen-bond acceptors (Lipinski definition) is 6. The fourth-order valence-corrected chi connectivity index (χ4v) is 1.53. The maximum absolute atomic E-state index is 11.0. The van der Waals surface area contributed by atoms with Crippen molar-refractivity contribution in [2.75, 3.05) is 5.32 Å². The van der Waals surface area contributed by atoms with Gasteiger partial charge in [-0.15, -0.1) is 0 Å². The number of carboxylic acid groups (broad SMARTS) is 1. The van der Waals surface area contributed by atoms with E-state index in [9.17, 15) is 25.0 Å². The van der Waals surface area contributed by atoms with Gasteiger partial charge in [0.1, 0.15) is 17.3 Å². The Morgan fingerprint density at radius 2 is 1.89 bits per heavy atom. The molecular formula is C10H11N3O6. The van der Waals surface area contributed by atoms with Crippen LogP contribution in [0.4, 0.5) is 17.1 Å². The summed E-state index contributed by atoms with van der Waals surface area (Å²) in [6.07, 6.45) is 0. The molecule has 2 N–H and O–H groups in total. The maximum Gasteiger partial charge on any atom is 0.325 e. The Morgan fingerprint density at radius 1 is 1.32 bits per heavy atom. The van der Waals surface area contributed by atoms with Gasteiger partial charge in [0.15, 0.2) is 0 Å². The number of benzene rings is 1. The molecule has 0 fully saturated rings. The van der Waals surface area contributed by atoms with Crippen LogP contribution in [0, 0.1) is 27.2 Å². The van der Waals surface area contributed by atoms with Gasteiger partial charge in [-0.25, -0.2) is 0 Å². The van der Waals surface area contributed by atoms with E-state index in [0.717, 1.165) is 12.1 Å². The molecule has 0 aliphatic rings. The molecule has 1 aromatic carbocycles. The van der Waals surface area contributed by atoms with Gasteiger partial charge in [0.05, 0.1) is 9.85 Å². The lowest BCUT2D eigenvalue weighted by molar-refractivity contribution is -0.394. The molecule has 1 atom stereocenters. The fraction of sp³-hybridized carbons (Fsp3) is 0.300. The van der Waals surface area contributed by atoms with Crippen LogP contribution in [0.25, 0.3) is 0 Å².